The number of aryl methyl sites for hydroxylation is 1. The minimum atomic E-state index is 0.0739. The molecule has 314 valence electrons. The first-order chi connectivity index (χ1) is 32.4. The maximum Gasteiger partial charge on any atom is 0.134 e. The predicted octanol–water partition coefficient (Wildman–Crippen LogP) is 15.2. The van der Waals surface area contributed by atoms with Crippen molar-refractivity contribution in [3.63, 3.8) is 0 Å². The normalized spacial score (nSPS) is 12.4. The molecule has 2 heterocycles. The average Bonchev–Trinajstić information content (AvgIpc) is 4.13. The summed E-state index contributed by atoms with van der Waals surface area (Å²) in [5, 5.41) is 38.4. The van der Waals surface area contributed by atoms with E-state index in [0.717, 1.165) is 73.6 Å². The number of benzene rings is 9. The van der Waals surface area contributed by atoms with Gasteiger partial charge < -0.3 is 25.3 Å². The van der Waals surface area contributed by atoms with Crippen LogP contribution in [-0.2, 0) is 12.8 Å². The second kappa shape index (κ2) is 14.5. The number of rotatable bonds is 6. The molecule has 0 amide bonds. The third-order valence-electron chi connectivity index (χ3n) is 14.1. The van der Waals surface area contributed by atoms with E-state index in [2.05, 4.69) is 119 Å². The predicted molar refractivity (Wildman–Crippen MR) is 269 cm³/mol. The SMILES string of the molecule is Cc1cc(-c2[nH]c3ccccc3c2-c2cc(-c3cccc4c3Cc3ccccc3-4)ccc2O)c(O)c(-c2[nH]c3ccccc3c2-c2cc(-c3cccc4c3Cc3ccccc3-4)ccc2O)c1. The number of hydrogen-bond acceptors (Lipinski definition) is 3. The lowest BCUT2D eigenvalue weighted by Crippen LogP contribution is -1.93. The number of hydrogen-bond donors (Lipinski definition) is 5. The largest absolute Gasteiger partial charge is 0.507 e. The molecule has 0 spiro atoms. The Morgan fingerprint density at radius 3 is 1.26 bits per heavy atom. The number of phenolic OH excluding ortho intramolecular Hbond substituents is 3. The molecule has 13 rings (SSSR count). The molecule has 5 N–H and O–H groups in total. The lowest BCUT2D eigenvalue weighted by atomic mass is 9.89. The fraction of sp³-hybridized carbons (Fsp3) is 0.0492. The molecule has 0 saturated carbocycles. The standard InChI is InChI=1S/C61H42N2O3/c1-34-28-51(59-57(45-16-6-8-22-53(45)62-59)49-32-37(24-26-55(49)64)41-18-10-20-43-39-14-4-2-12-35(39)30-47(41)43)61(66)52(29-34)60-58(46-17-7-9-23-54(46)63-60)50-33-38(25-27-56(50)65)42-19-11-21-44-40-15-5-3-13-36(40)31-48(42)44/h2-29,32-33,62-66H,30-31H2,1H3. The summed E-state index contributed by atoms with van der Waals surface area (Å²) in [6.45, 7) is 2.04. The molecule has 66 heavy (non-hydrogen) atoms. The van der Waals surface area contributed by atoms with Crippen molar-refractivity contribution in [1.82, 2.24) is 9.97 Å². The van der Waals surface area contributed by atoms with Crippen molar-refractivity contribution in [3.8, 4) is 107 Å². The third-order valence-corrected chi connectivity index (χ3v) is 14.1. The maximum atomic E-state index is 12.8. The van der Waals surface area contributed by atoms with Gasteiger partial charge in [0.1, 0.15) is 17.2 Å². The number of phenols is 3. The van der Waals surface area contributed by atoms with E-state index in [1.54, 1.807) is 12.1 Å². The molecular formula is C61H42N2O3. The number of fused-ring (bicyclic) bond motifs is 8. The van der Waals surface area contributed by atoms with Gasteiger partial charge in [0.15, 0.2) is 0 Å². The van der Waals surface area contributed by atoms with Gasteiger partial charge in [-0.25, -0.2) is 0 Å². The Bertz CT molecular complexity index is 3580. The highest BCUT2D eigenvalue weighted by Crippen LogP contribution is 2.52. The summed E-state index contributed by atoms with van der Waals surface area (Å²) in [5.41, 5.74) is 22.7. The van der Waals surface area contributed by atoms with Crippen molar-refractivity contribution < 1.29 is 15.3 Å². The second-order valence-electron chi connectivity index (χ2n) is 17.8. The van der Waals surface area contributed by atoms with Crippen LogP contribution < -0.4 is 0 Å². The van der Waals surface area contributed by atoms with Gasteiger partial charge in [-0.1, -0.05) is 133 Å². The first-order valence-corrected chi connectivity index (χ1v) is 22.5. The van der Waals surface area contributed by atoms with Gasteiger partial charge in [0.05, 0.1) is 11.4 Å². The number of H-pyrrole nitrogens is 2. The molecule has 0 radical (unpaired) electrons. The van der Waals surface area contributed by atoms with Crippen molar-refractivity contribution >= 4 is 21.8 Å². The summed E-state index contributed by atoms with van der Waals surface area (Å²) < 4.78 is 0. The van der Waals surface area contributed by atoms with E-state index in [9.17, 15) is 15.3 Å². The third kappa shape index (κ3) is 5.73. The van der Waals surface area contributed by atoms with Gasteiger partial charge in [-0.2, -0.15) is 0 Å². The van der Waals surface area contributed by atoms with E-state index < -0.39 is 0 Å². The smallest absolute Gasteiger partial charge is 0.134 e. The highest BCUT2D eigenvalue weighted by Gasteiger charge is 2.28. The molecule has 0 unspecified atom stereocenters. The van der Waals surface area contributed by atoms with Gasteiger partial charge in [-0.3, -0.25) is 0 Å². The first kappa shape index (κ1) is 38.0. The Labute approximate surface area is 381 Å². The van der Waals surface area contributed by atoms with Crippen LogP contribution in [0.15, 0.2) is 182 Å². The molecule has 9 aromatic carbocycles. The van der Waals surface area contributed by atoms with E-state index in [4.69, 9.17) is 0 Å². The topological polar surface area (TPSA) is 92.3 Å². The number of aromatic nitrogens is 2. The lowest BCUT2D eigenvalue weighted by Gasteiger charge is -2.16. The minimum Gasteiger partial charge on any atom is -0.507 e. The Morgan fingerprint density at radius 1 is 0.364 bits per heavy atom. The van der Waals surface area contributed by atoms with Gasteiger partial charge in [-0.05, 0) is 141 Å². The summed E-state index contributed by atoms with van der Waals surface area (Å²) >= 11 is 0. The number of nitrogens with one attached hydrogen (secondary N) is 2. The molecule has 0 atom stereocenters. The van der Waals surface area contributed by atoms with Crippen molar-refractivity contribution in [1.29, 1.82) is 0 Å². The van der Waals surface area contributed by atoms with Crippen molar-refractivity contribution in [2.45, 2.75) is 19.8 Å². The van der Waals surface area contributed by atoms with Crippen molar-refractivity contribution in [2.24, 2.45) is 0 Å². The molecule has 11 aromatic rings. The molecule has 5 nitrogen and oxygen atoms in total. The molecule has 0 fully saturated rings. The van der Waals surface area contributed by atoms with Crippen LogP contribution in [0.3, 0.4) is 0 Å². The Kier molecular flexibility index (Phi) is 8.34. The Morgan fingerprint density at radius 2 is 0.773 bits per heavy atom. The van der Waals surface area contributed by atoms with Crippen LogP contribution in [0.5, 0.6) is 17.2 Å². The number of para-hydroxylation sites is 2. The van der Waals surface area contributed by atoms with Crippen molar-refractivity contribution in [2.75, 3.05) is 0 Å². The Hall–Kier alpha value is -8.54. The first-order valence-electron chi connectivity index (χ1n) is 22.5. The molecule has 0 bridgehead atoms. The summed E-state index contributed by atoms with van der Waals surface area (Å²) in [6.07, 6.45) is 1.69. The summed E-state index contributed by atoms with van der Waals surface area (Å²) in [6, 6.07) is 62.1. The van der Waals surface area contributed by atoms with Crippen LogP contribution in [0, 0.1) is 6.92 Å². The zero-order chi connectivity index (χ0) is 44.2. The highest BCUT2D eigenvalue weighted by atomic mass is 16.3. The van der Waals surface area contributed by atoms with Crippen LogP contribution in [0.1, 0.15) is 27.8 Å². The van der Waals surface area contributed by atoms with Gasteiger partial charge in [0.2, 0.25) is 0 Å². The van der Waals surface area contributed by atoms with Gasteiger partial charge in [0.25, 0.3) is 0 Å². The fourth-order valence-electron chi connectivity index (χ4n) is 11.1. The van der Waals surface area contributed by atoms with Gasteiger partial charge >= 0.3 is 0 Å². The van der Waals surface area contributed by atoms with Crippen LogP contribution in [0.4, 0.5) is 0 Å². The monoisotopic (exact) mass is 850 g/mol. The lowest BCUT2D eigenvalue weighted by molar-refractivity contribution is 0.476. The summed E-state index contributed by atoms with van der Waals surface area (Å²) in [5.74, 6) is 0.369. The maximum absolute atomic E-state index is 12.8. The van der Waals surface area contributed by atoms with E-state index in [0.29, 0.717) is 33.6 Å². The molecule has 0 aliphatic heterocycles. The van der Waals surface area contributed by atoms with Gasteiger partial charge in [0, 0.05) is 55.2 Å². The average molecular weight is 851 g/mol. The van der Waals surface area contributed by atoms with E-state index in [-0.39, 0.29) is 17.2 Å². The molecule has 0 saturated heterocycles. The molecular weight excluding hydrogens is 809 g/mol. The van der Waals surface area contributed by atoms with Crippen LogP contribution >= 0.6 is 0 Å². The van der Waals surface area contributed by atoms with Crippen LogP contribution in [0.2, 0.25) is 0 Å². The van der Waals surface area contributed by atoms with E-state index >= 15 is 0 Å². The quantitative estimate of drug-likeness (QED) is 0.115. The van der Waals surface area contributed by atoms with Crippen molar-refractivity contribution in [3.05, 3.63) is 210 Å². The molecule has 5 heteroatoms. The van der Waals surface area contributed by atoms with E-state index in [1.807, 2.05) is 67.6 Å². The second-order valence-corrected chi connectivity index (χ2v) is 17.8. The minimum absolute atomic E-state index is 0.0739. The summed E-state index contributed by atoms with van der Waals surface area (Å²) in [7, 11) is 0. The van der Waals surface area contributed by atoms with Crippen LogP contribution in [0.25, 0.3) is 111 Å². The fourth-order valence-corrected chi connectivity index (χ4v) is 11.1. The molecule has 2 aliphatic carbocycles. The number of aromatic hydroxyl groups is 3. The summed E-state index contributed by atoms with van der Waals surface area (Å²) in [4.78, 5) is 7.36. The Balaban J connectivity index is 0.982. The molecule has 2 aromatic heterocycles. The molecule has 2 aliphatic rings. The van der Waals surface area contributed by atoms with E-state index in [1.165, 1.54) is 44.5 Å². The van der Waals surface area contributed by atoms with Gasteiger partial charge in [-0.15, -0.1) is 0 Å². The zero-order valence-electron chi connectivity index (χ0n) is 36.1. The highest BCUT2D eigenvalue weighted by molar-refractivity contribution is 6.10. The zero-order valence-corrected chi connectivity index (χ0v) is 36.1. The van der Waals surface area contributed by atoms with Crippen LogP contribution in [-0.4, -0.2) is 25.3 Å². The number of aromatic amines is 2.